The van der Waals surface area contributed by atoms with E-state index in [1.165, 1.54) is 4.88 Å². The van der Waals surface area contributed by atoms with Crippen LogP contribution in [0.25, 0.3) is 0 Å². The highest BCUT2D eigenvalue weighted by Crippen LogP contribution is 2.20. The fourth-order valence-electron chi connectivity index (χ4n) is 2.63. The van der Waals surface area contributed by atoms with E-state index in [1.807, 2.05) is 24.6 Å². The second-order valence-electron chi connectivity index (χ2n) is 5.65. The molecule has 1 saturated heterocycles. The van der Waals surface area contributed by atoms with Crippen LogP contribution in [0.1, 0.15) is 24.1 Å². The van der Waals surface area contributed by atoms with Gasteiger partial charge < -0.3 is 10.0 Å². The van der Waals surface area contributed by atoms with Gasteiger partial charge in [-0.05, 0) is 43.3 Å². The van der Waals surface area contributed by atoms with Crippen molar-refractivity contribution >= 4 is 23.2 Å². The van der Waals surface area contributed by atoms with Gasteiger partial charge in [0.2, 0.25) is 5.91 Å². The van der Waals surface area contributed by atoms with Crippen LogP contribution in [0.2, 0.25) is 0 Å². The number of likely N-dealkylation sites (tertiary alicyclic amines) is 1. The van der Waals surface area contributed by atoms with Gasteiger partial charge in [-0.15, -0.1) is 11.3 Å². The number of piperidine rings is 1. The predicted octanol–water partition coefficient (Wildman–Crippen LogP) is 1.89. The number of hydrogen-bond acceptors (Lipinski definition) is 4. The molecule has 0 aliphatic carbocycles. The smallest absolute Gasteiger partial charge is 0.303 e. The molecule has 1 aromatic heterocycles. The lowest BCUT2D eigenvalue weighted by molar-refractivity contribution is -0.139. The number of thiophene rings is 1. The summed E-state index contributed by atoms with van der Waals surface area (Å²) in [6.45, 7) is 2.72. The molecule has 2 rings (SSSR count). The Morgan fingerprint density at radius 2 is 2.14 bits per heavy atom. The topological polar surface area (TPSA) is 60.9 Å². The lowest BCUT2D eigenvalue weighted by atomic mass is 9.94. The molecule has 0 spiro atoms. The number of carbonyl (C=O) groups is 2. The molecule has 0 aromatic carbocycles. The highest BCUT2D eigenvalue weighted by molar-refractivity contribution is 7.09. The third kappa shape index (κ3) is 5.13. The minimum atomic E-state index is -0.722. The first-order valence-electron chi connectivity index (χ1n) is 7.25. The first-order chi connectivity index (χ1) is 10.0. The monoisotopic (exact) mass is 310 g/mol. The van der Waals surface area contributed by atoms with Gasteiger partial charge in [0, 0.05) is 18.3 Å². The Morgan fingerprint density at radius 3 is 2.71 bits per heavy atom. The fraction of sp³-hybridized carbons (Fsp3) is 0.600. The lowest BCUT2D eigenvalue weighted by Gasteiger charge is -2.31. The number of carbonyl (C=O) groups excluding carboxylic acids is 1. The summed E-state index contributed by atoms with van der Waals surface area (Å²) in [5.74, 6) is -0.335. The number of rotatable bonds is 6. The highest BCUT2D eigenvalue weighted by Gasteiger charge is 2.23. The van der Waals surface area contributed by atoms with Crippen LogP contribution in [-0.4, -0.2) is 53.5 Å². The van der Waals surface area contributed by atoms with Crippen LogP contribution < -0.4 is 0 Å². The van der Waals surface area contributed by atoms with E-state index in [2.05, 4.69) is 4.90 Å². The van der Waals surface area contributed by atoms with Crippen LogP contribution in [0.4, 0.5) is 0 Å². The van der Waals surface area contributed by atoms with Crippen molar-refractivity contribution in [1.82, 2.24) is 9.80 Å². The van der Waals surface area contributed by atoms with Crippen molar-refractivity contribution in [3.05, 3.63) is 22.4 Å². The quantitative estimate of drug-likeness (QED) is 0.872. The molecular formula is C15H22N2O3S. The highest BCUT2D eigenvalue weighted by atomic mass is 32.1. The van der Waals surface area contributed by atoms with Crippen LogP contribution in [0.3, 0.4) is 0 Å². The molecular weight excluding hydrogens is 288 g/mol. The Labute approximate surface area is 129 Å². The summed E-state index contributed by atoms with van der Waals surface area (Å²) in [5, 5.41) is 10.8. The van der Waals surface area contributed by atoms with Crippen molar-refractivity contribution in [3.8, 4) is 0 Å². The van der Waals surface area contributed by atoms with E-state index in [4.69, 9.17) is 5.11 Å². The Bertz CT molecular complexity index is 467. The molecule has 0 bridgehead atoms. The summed E-state index contributed by atoms with van der Waals surface area (Å²) in [7, 11) is 1.83. The molecule has 0 radical (unpaired) electrons. The van der Waals surface area contributed by atoms with E-state index in [0.717, 1.165) is 25.9 Å². The Morgan fingerprint density at radius 1 is 1.43 bits per heavy atom. The van der Waals surface area contributed by atoms with Gasteiger partial charge in [0.1, 0.15) is 0 Å². The Hall–Kier alpha value is -1.40. The van der Waals surface area contributed by atoms with Gasteiger partial charge in [-0.2, -0.15) is 0 Å². The van der Waals surface area contributed by atoms with Crippen LogP contribution in [0, 0.1) is 5.92 Å². The third-order valence-corrected chi connectivity index (χ3v) is 4.79. The van der Waals surface area contributed by atoms with E-state index >= 15 is 0 Å². The minimum Gasteiger partial charge on any atom is -0.481 e. The SMILES string of the molecule is CN(Cc1cccs1)C(=O)CN1CCC(CC(=O)O)CC1. The van der Waals surface area contributed by atoms with Crippen LogP contribution in [0.5, 0.6) is 0 Å². The Kier molecular flexibility index (Phi) is 5.76. The fourth-order valence-corrected chi connectivity index (χ4v) is 3.39. The van der Waals surface area contributed by atoms with Crippen molar-refractivity contribution in [1.29, 1.82) is 0 Å². The molecule has 1 aliphatic heterocycles. The maximum absolute atomic E-state index is 12.2. The van der Waals surface area contributed by atoms with Crippen molar-refractivity contribution in [2.24, 2.45) is 5.92 Å². The number of aliphatic carboxylic acids is 1. The molecule has 2 heterocycles. The van der Waals surface area contributed by atoms with E-state index < -0.39 is 5.97 Å². The van der Waals surface area contributed by atoms with Crippen LogP contribution >= 0.6 is 11.3 Å². The summed E-state index contributed by atoms with van der Waals surface area (Å²) in [6, 6.07) is 4.03. The summed E-state index contributed by atoms with van der Waals surface area (Å²) >= 11 is 1.66. The van der Waals surface area contributed by atoms with Gasteiger partial charge in [-0.3, -0.25) is 14.5 Å². The molecule has 0 unspecified atom stereocenters. The molecule has 21 heavy (non-hydrogen) atoms. The number of carboxylic acid groups (broad SMARTS) is 1. The number of nitrogens with zero attached hydrogens (tertiary/aromatic N) is 2. The molecule has 1 amide bonds. The van der Waals surface area contributed by atoms with Crippen molar-refractivity contribution in [3.63, 3.8) is 0 Å². The first kappa shape index (κ1) is 16.0. The normalized spacial score (nSPS) is 16.8. The minimum absolute atomic E-state index is 0.125. The van der Waals surface area contributed by atoms with E-state index in [9.17, 15) is 9.59 Å². The zero-order chi connectivity index (χ0) is 15.2. The van der Waals surface area contributed by atoms with E-state index in [0.29, 0.717) is 13.1 Å². The molecule has 5 nitrogen and oxygen atoms in total. The molecule has 6 heteroatoms. The molecule has 0 atom stereocenters. The zero-order valence-electron chi connectivity index (χ0n) is 12.3. The predicted molar refractivity (Wildman–Crippen MR) is 82.2 cm³/mol. The molecule has 1 fully saturated rings. The van der Waals surface area contributed by atoms with Gasteiger partial charge in [0.25, 0.3) is 0 Å². The molecule has 1 aromatic rings. The number of hydrogen-bond donors (Lipinski definition) is 1. The third-order valence-electron chi connectivity index (χ3n) is 3.93. The largest absolute Gasteiger partial charge is 0.481 e. The standard InChI is InChI=1S/C15H22N2O3S/c1-16(10-13-3-2-8-21-13)14(18)11-17-6-4-12(5-7-17)9-15(19)20/h2-3,8,12H,4-7,9-11H2,1H3,(H,19,20). The zero-order valence-corrected chi connectivity index (χ0v) is 13.1. The average molecular weight is 310 g/mol. The summed E-state index contributed by atoms with van der Waals surface area (Å²) < 4.78 is 0. The van der Waals surface area contributed by atoms with E-state index in [1.54, 1.807) is 16.2 Å². The van der Waals surface area contributed by atoms with Gasteiger partial charge in [-0.1, -0.05) is 6.07 Å². The molecule has 0 saturated carbocycles. The van der Waals surface area contributed by atoms with Gasteiger partial charge >= 0.3 is 5.97 Å². The maximum Gasteiger partial charge on any atom is 0.303 e. The second-order valence-corrected chi connectivity index (χ2v) is 6.68. The molecule has 1 aliphatic rings. The van der Waals surface area contributed by atoms with Gasteiger partial charge in [0.05, 0.1) is 13.1 Å². The Balaban J connectivity index is 1.72. The van der Waals surface area contributed by atoms with Crippen LogP contribution in [0.15, 0.2) is 17.5 Å². The lowest BCUT2D eigenvalue weighted by Crippen LogP contribution is -2.42. The summed E-state index contributed by atoms with van der Waals surface area (Å²) in [4.78, 5) is 28.0. The molecule has 1 N–H and O–H groups in total. The van der Waals surface area contributed by atoms with Gasteiger partial charge in [0.15, 0.2) is 0 Å². The summed E-state index contributed by atoms with van der Waals surface area (Å²) in [6.07, 6.45) is 1.99. The average Bonchev–Trinajstić information content (AvgIpc) is 2.93. The number of carboxylic acids is 1. The van der Waals surface area contributed by atoms with Crippen LogP contribution in [-0.2, 0) is 16.1 Å². The van der Waals surface area contributed by atoms with Gasteiger partial charge in [-0.25, -0.2) is 0 Å². The van der Waals surface area contributed by atoms with Crippen molar-refractivity contribution < 1.29 is 14.7 Å². The number of amides is 1. The summed E-state index contributed by atoms with van der Waals surface area (Å²) in [5.41, 5.74) is 0. The van der Waals surface area contributed by atoms with Crippen molar-refractivity contribution in [2.75, 3.05) is 26.7 Å². The first-order valence-corrected chi connectivity index (χ1v) is 8.13. The second kappa shape index (κ2) is 7.56. The number of likely N-dealkylation sites (N-methyl/N-ethyl adjacent to an activating group) is 1. The van der Waals surface area contributed by atoms with E-state index in [-0.39, 0.29) is 18.2 Å². The molecule has 116 valence electrons. The maximum atomic E-state index is 12.2. The van der Waals surface area contributed by atoms with Crippen molar-refractivity contribution in [2.45, 2.75) is 25.8 Å².